The highest BCUT2D eigenvalue weighted by Crippen LogP contribution is 2.47. The SMILES string of the molecule is Cc1ccc(-c2c([C@H](OC(C)(C)C)C(=O)O)c(C)c3c4c2cc(C)n4CCN3CCO)cc1. The standard InChI is InChI=1S/C27H34N2O4/c1-16-7-9-19(10-8-16)22-20-15-17(2)29-12-11-28(13-14-30)23(24(20)29)18(3)21(22)25(26(31)32)33-27(4,5)6/h7-10,15,25,30H,11-14H2,1-6H3,(H,31,32)/t25-/m0/s1. The van der Waals surface area contributed by atoms with Gasteiger partial charge in [0.15, 0.2) is 6.10 Å². The Hall–Kier alpha value is -2.83. The molecule has 4 rings (SSSR count). The van der Waals surface area contributed by atoms with Gasteiger partial charge >= 0.3 is 5.97 Å². The number of nitrogens with zero attached hydrogens (tertiary/aromatic N) is 2. The fourth-order valence-electron chi connectivity index (χ4n) is 5.06. The first-order valence-electron chi connectivity index (χ1n) is 11.5. The lowest BCUT2D eigenvalue weighted by molar-refractivity contribution is -0.160. The molecule has 0 saturated carbocycles. The normalized spacial score (nSPS) is 14.7. The first kappa shape index (κ1) is 23.3. The zero-order chi connectivity index (χ0) is 24.1. The van der Waals surface area contributed by atoms with E-state index in [1.54, 1.807) is 0 Å². The molecule has 1 aliphatic rings. The van der Waals surface area contributed by atoms with Crippen LogP contribution < -0.4 is 4.90 Å². The predicted molar refractivity (Wildman–Crippen MR) is 132 cm³/mol. The molecule has 0 radical (unpaired) electrons. The number of aromatic nitrogens is 1. The molecular formula is C27H34N2O4. The van der Waals surface area contributed by atoms with Crippen LogP contribution in [0.5, 0.6) is 0 Å². The maximum absolute atomic E-state index is 12.6. The van der Waals surface area contributed by atoms with Crippen LogP contribution in [0.2, 0.25) is 0 Å². The minimum atomic E-state index is -1.12. The van der Waals surface area contributed by atoms with Gasteiger partial charge < -0.3 is 24.4 Å². The van der Waals surface area contributed by atoms with Gasteiger partial charge in [-0.2, -0.15) is 0 Å². The number of hydrogen-bond acceptors (Lipinski definition) is 4. The van der Waals surface area contributed by atoms with Crippen molar-refractivity contribution >= 4 is 22.6 Å². The summed E-state index contributed by atoms with van der Waals surface area (Å²) in [4.78, 5) is 14.8. The summed E-state index contributed by atoms with van der Waals surface area (Å²) in [5.74, 6) is -1.01. The topological polar surface area (TPSA) is 74.9 Å². The number of hydrogen-bond donors (Lipinski definition) is 2. The number of aliphatic hydroxyl groups excluding tert-OH is 1. The van der Waals surface area contributed by atoms with Gasteiger partial charge in [0.1, 0.15) is 0 Å². The summed E-state index contributed by atoms with van der Waals surface area (Å²) in [5.41, 5.74) is 7.21. The van der Waals surface area contributed by atoms with E-state index in [9.17, 15) is 15.0 Å². The van der Waals surface area contributed by atoms with Crippen LogP contribution in [-0.4, -0.2) is 46.0 Å². The predicted octanol–water partition coefficient (Wildman–Crippen LogP) is 4.99. The number of carboxylic acids is 1. The highest BCUT2D eigenvalue weighted by molar-refractivity contribution is 6.07. The molecule has 0 unspecified atom stereocenters. The van der Waals surface area contributed by atoms with Crippen LogP contribution in [0.4, 0.5) is 5.69 Å². The Labute approximate surface area is 195 Å². The summed E-state index contributed by atoms with van der Waals surface area (Å²) in [6.45, 7) is 13.9. The number of carbonyl (C=O) groups is 1. The zero-order valence-corrected chi connectivity index (χ0v) is 20.4. The second kappa shape index (κ2) is 8.50. The number of benzene rings is 2. The molecular weight excluding hydrogens is 416 g/mol. The van der Waals surface area contributed by atoms with Crippen molar-refractivity contribution in [2.75, 3.05) is 24.6 Å². The molecule has 0 amide bonds. The fraction of sp³-hybridized carbons (Fsp3) is 0.444. The lowest BCUT2D eigenvalue weighted by atomic mass is 9.87. The maximum atomic E-state index is 12.6. The van der Waals surface area contributed by atoms with Crippen molar-refractivity contribution in [2.45, 2.75) is 59.8 Å². The van der Waals surface area contributed by atoms with Gasteiger partial charge in [0.25, 0.3) is 0 Å². The molecule has 6 nitrogen and oxygen atoms in total. The molecule has 3 aromatic rings. The summed E-state index contributed by atoms with van der Waals surface area (Å²) in [6.07, 6.45) is -1.12. The Morgan fingerprint density at radius 3 is 2.36 bits per heavy atom. The number of aliphatic hydroxyl groups is 1. The maximum Gasteiger partial charge on any atom is 0.337 e. The Kier molecular flexibility index (Phi) is 6.01. The molecule has 6 heteroatoms. The largest absolute Gasteiger partial charge is 0.479 e. The zero-order valence-electron chi connectivity index (χ0n) is 20.4. The number of rotatable bonds is 6. The second-order valence-electron chi connectivity index (χ2n) is 9.99. The van der Waals surface area contributed by atoms with E-state index in [-0.39, 0.29) is 6.61 Å². The van der Waals surface area contributed by atoms with Gasteiger partial charge in [-0.15, -0.1) is 0 Å². The van der Waals surface area contributed by atoms with Crippen molar-refractivity contribution in [3.63, 3.8) is 0 Å². The van der Waals surface area contributed by atoms with Gasteiger partial charge in [-0.05, 0) is 64.3 Å². The molecule has 1 atom stereocenters. The van der Waals surface area contributed by atoms with Crippen molar-refractivity contribution in [1.29, 1.82) is 0 Å². The monoisotopic (exact) mass is 450 g/mol. The highest BCUT2D eigenvalue weighted by atomic mass is 16.5. The molecule has 2 N–H and O–H groups in total. The van der Waals surface area contributed by atoms with Gasteiger partial charge in [-0.25, -0.2) is 4.79 Å². The highest BCUT2D eigenvalue weighted by Gasteiger charge is 2.35. The summed E-state index contributed by atoms with van der Waals surface area (Å²) in [5, 5.41) is 21.1. The third-order valence-corrected chi connectivity index (χ3v) is 6.40. The van der Waals surface area contributed by atoms with Crippen molar-refractivity contribution < 1.29 is 19.7 Å². The number of carboxylic acid groups (broad SMARTS) is 1. The quantitative estimate of drug-likeness (QED) is 0.554. The summed E-state index contributed by atoms with van der Waals surface area (Å²) in [6, 6.07) is 10.4. The van der Waals surface area contributed by atoms with Crippen LogP contribution in [-0.2, 0) is 16.1 Å². The Morgan fingerprint density at radius 1 is 1.12 bits per heavy atom. The molecule has 1 aromatic heterocycles. The van der Waals surface area contributed by atoms with Crippen molar-refractivity contribution in [3.05, 3.63) is 52.7 Å². The number of β-amino-alcohol motifs (C(OH)–C–C–N with tert-alkyl or cyclic N) is 1. The van der Waals surface area contributed by atoms with Crippen molar-refractivity contribution in [3.8, 4) is 11.1 Å². The van der Waals surface area contributed by atoms with E-state index in [0.29, 0.717) is 12.1 Å². The third kappa shape index (κ3) is 4.13. The first-order chi connectivity index (χ1) is 15.5. The molecule has 176 valence electrons. The van der Waals surface area contributed by atoms with Gasteiger partial charge in [0.05, 0.1) is 23.4 Å². The van der Waals surface area contributed by atoms with E-state index in [2.05, 4.69) is 46.7 Å². The number of aryl methyl sites for hydroxylation is 2. The average Bonchev–Trinajstić information content (AvgIpc) is 3.06. The van der Waals surface area contributed by atoms with Gasteiger partial charge in [0.2, 0.25) is 0 Å². The van der Waals surface area contributed by atoms with Crippen LogP contribution in [0.25, 0.3) is 22.0 Å². The molecule has 0 saturated heterocycles. The van der Waals surface area contributed by atoms with E-state index in [1.807, 2.05) is 34.6 Å². The summed E-state index contributed by atoms with van der Waals surface area (Å²) >= 11 is 0. The average molecular weight is 451 g/mol. The number of aliphatic carboxylic acids is 1. The van der Waals surface area contributed by atoms with Crippen molar-refractivity contribution in [2.24, 2.45) is 0 Å². The summed E-state index contributed by atoms with van der Waals surface area (Å²) in [7, 11) is 0. The van der Waals surface area contributed by atoms with Crippen LogP contribution in [0.15, 0.2) is 30.3 Å². The lowest BCUT2D eigenvalue weighted by Crippen LogP contribution is -2.35. The van der Waals surface area contributed by atoms with Crippen LogP contribution >= 0.6 is 0 Å². The molecule has 2 aromatic carbocycles. The smallest absolute Gasteiger partial charge is 0.337 e. The first-order valence-corrected chi connectivity index (χ1v) is 11.5. The molecule has 0 aliphatic carbocycles. The van der Waals surface area contributed by atoms with E-state index in [0.717, 1.165) is 57.6 Å². The van der Waals surface area contributed by atoms with E-state index < -0.39 is 17.7 Å². The second-order valence-corrected chi connectivity index (χ2v) is 9.99. The van der Waals surface area contributed by atoms with Gasteiger partial charge in [-0.3, -0.25) is 0 Å². The molecule has 33 heavy (non-hydrogen) atoms. The van der Waals surface area contributed by atoms with Crippen LogP contribution in [0.3, 0.4) is 0 Å². The van der Waals surface area contributed by atoms with E-state index in [1.165, 1.54) is 0 Å². The Morgan fingerprint density at radius 2 is 1.79 bits per heavy atom. The summed E-state index contributed by atoms with van der Waals surface area (Å²) < 4.78 is 8.49. The van der Waals surface area contributed by atoms with E-state index in [4.69, 9.17) is 4.74 Å². The third-order valence-electron chi connectivity index (χ3n) is 6.40. The van der Waals surface area contributed by atoms with Gasteiger partial charge in [0, 0.05) is 36.3 Å². The minimum absolute atomic E-state index is 0.0382. The number of ether oxygens (including phenoxy) is 1. The fourth-order valence-corrected chi connectivity index (χ4v) is 5.06. The molecule has 0 bridgehead atoms. The van der Waals surface area contributed by atoms with Crippen LogP contribution in [0, 0.1) is 20.8 Å². The van der Waals surface area contributed by atoms with Gasteiger partial charge in [-0.1, -0.05) is 29.8 Å². The van der Waals surface area contributed by atoms with Crippen LogP contribution in [0.1, 0.15) is 49.3 Å². The minimum Gasteiger partial charge on any atom is -0.479 e. The van der Waals surface area contributed by atoms with Crippen molar-refractivity contribution in [1.82, 2.24) is 4.57 Å². The Balaban J connectivity index is 2.15. The Bertz CT molecular complexity index is 1200. The molecule has 0 spiro atoms. The lowest BCUT2D eigenvalue weighted by Gasteiger charge is -2.35. The molecule has 2 heterocycles. The molecule has 0 fully saturated rings. The number of anilines is 1. The van der Waals surface area contributed by atoms with E-state index >= 15 is 0 Å². The molecule has 1 aliphatic heterocycles.